The zero-order valence-electron chi connectivity index (χ0n) is 18.1. The number of Topliss-reactive ketones (excluding diaryl/α,β-unsaturated/α-hetero) is 1. The molecule has 0 bridgehead atoms. The molecule has 1 aliphatic heterocycles. The Morgan fingerprint density at radius 2 is 1.67 bits per heavy atom. The number of ketones is 1. The number of ether oxygens (including phenoxy) is 1. The van der Waals surface area contributed by atoms with Crippen molar-refractivity contribution < 1.29 is 9.53 Å². The third-order valence-corrected chi connectivity index (χ3v) is 6.87. The van der Waals surface area contributed by atoms with Crippen LogP contribution in [0.1, 0.15) is 48.2 Å². The van der Waals surface area contributed by atoms with Crippen molar-refractivity contribution in [3.63, 3.8) is 0 Å². The zero-order chi connectivity index (χ0) is 21.4. The summed E-state index contributed by atoms with van der Waals surface area (Å²) in [4.78, 5) is 15.9. The molecule has 1 fully saturated rings. The Kier molecular flexibility index (Phi) is 5.52. The Morgan fingerprint density at radius 3 is 2.33 bits per heavy atom. The summed E-state index contributed by atoms with van der Waals surface area (Å²) in [5.41, 5.74) is 4.98. The number of rotatable bonds is 7. The fraction of sp³-hybridized carbons (Fsp3) is 0.370. The Hall–Kier alpha value is -2.49. The summed E-state index contributed by atoms with van der Waals surface area (Å²) in [6.07, 6.45) is 5.60. The predicted octanol–water partition coefficient (Wildman–Crippen LogP) is 5.40. The van der Waals surface area contributed by atoms with Gasteiger partial charge in [-0.15, -0.1) is 13.2 Å². The Balaban J connectivity index is 1.81. The summed E-state index contributed by atoms with van der Waals surface area (Å²) in [6.45, 7) is 15.1. The highest BCUT2D eigenvalue weighted by atomic mass is 16.5. The SMILES string of the molecule is C=CCC1(CC=C)c2ccccc2-c2ccc(C(=O)C(C)(C)N3CCOCC3)cc21. The minimum atomic E-state index is -0.566. The topological polar surface area (TPSA) is 29.5 Å². The van der Waals surface area contributed by atoms with E-state index in [1.807, 2.05) is 32.1 Å². The van der Waals surface area contributed by atoms with Crippen LogP contribution in [0, 0.1) is 0 Å². The van der Waals surface area contributed by atoms with Gasteiger partial charge in [0.2, 0.25) is 0 Å². The number of benzene rings is 2. The molecule has 0 spiro atoms. The Labute approximate surface area is 180 Å². The zero-order valence-corrected chi connectivity index (χ0v) is 18.1. The first-order valence-electron chi connectivity index (χ1n) is 10.8. The molecule has 0 radical (unpaired) electrons. The van der Waals surface area contributed by atoms with Crippen molar-refractivity contribution in [2.75, 3.05) is 26.3 Å². The molecule has 1 aliphatic carbocycles. The van der Waals surface area contributed by atoms with E-state index >= 15 is 0 Å². The van der Waals surface area contributed by atoms with Crippen molar-refractivity contribution in [1.82, 2.24) is 4.90 Å². The minimum Gasteiger partial charge on any atom is -0.379 e. The number of fused-ring (bicyclic) bond motifs is 3. The summed E-state index contributed by atoms with van der Waals surface area (Å²) in [5, 5.41) is 0. The maximum Gasteiger partial charge on any atom is 0.182 e. The first-order valence-corrected chi connectivity index (χ1v) is 10.8. The van der Waals surface area contributed by atoms with E-state index in [0.717, 1.165) is 31.5 Å². The highest BCUT2D eigenvalue weighted by Gasteiger charge is 2.43. The largest absolute Gasteiger partial charge is 0.379 e. The summed E-state index contributed by atoms with van der Waals surface area (Å²) >= 11 is 0. The molecule has 3 nitrogen and oxygen atoms in total. The lowest BCUT2D eigenvalue weighted by atomic mass is 9.72. The summed E-state index contributed by atoms with van der Waals surface area (Å²) in [5.74, 6) is 0.161. The third-order valence-electron chi connectivity index (χ3n) is 6.87. The molecule has 0 amide bonds. The lowest BCUT2D eigenvalue weighted by Gasteiger charge is -2.39. The second kappa shape index (κ2) is 7.98. The number of carbonyl (C=O) groups is 1. The van der Waals surface area contributed by atoms with Gasteiger partial charge in [-0.3, -0.25) is 9.69 Å². The first-order chi connectivity index (χ1) is 14.5. The molecule has 0 atom stereocenters. The standard InChI is InChI=1S/C27H31NO2/c1-5-13-27(14-6-2)23-10-8-7-9-21(23)22-12-11-20(19-24(22)27)25(29)26(3,4)28-15-17-30-18-16-28/h5-12,19H,1-2,13-18H2,3-4H3. The molecule has 3 heteroatoms. The molecular formula is C27H31NO2. The van der Waals surface area contributed by atoms with Crippen LogP contribution >= 0.6 is 0 Å². The van der Waals surface area contributed by atoms with E-state index in [2.05, 4.69) is 54.5 Å². The molecule has 0 aromatic heterocycles. The Bertz CT molecular complexity index is 972. The third kappa shape index (κ3) is 3.17. The molecule has 0 saturated carbocycles. The molecule has 156 valence electrons. The molecule has 1 heterocycles. The van der Waals surface area contributed by atoms with Crippen molar-refractivity contribution in [3.05, 3.63) is 84.5 Å². The van der Waals surface area contributed by atoms with Crippen LogP contribution in [0.25, 0.3) is 11.1 Å². The smallest absolute Gasteiger partial charge is 0.182 e. The summed E-state index contributed by atoms with van der Waals surface area (Å²) in [6, 6.07) is 14.8. The van der Waals surface area contributed by atoms with Gasteiger partial charge >= 0.3 is 0 Å². The average molecular weight is 402 g/mol. The van der Waals surface area contributed by atoms with Crippen LogP contribution in [0.15, 0.2) is 67.8 Å². The molecule has 2 aromatic carbocycles. The van der Waals surface area contributed by atoms with Gasteiger partial charge in [0.25, 0.3) is 0 Å². The van der Waals surface area contributed by atoms with Crippen molar-refractivity contribution in [2.24, 2.45) is 0 Å². The lowest BCUT2D eigenvalue weighted by molar-refractivity contribution is -0.00430. The second-order valence-electron chi connectivity index (χ2n) is 8.86. The van der Waals surface area contributed by atoms with Crippen molar-refractivity contribution in [3.8, 4) is 11.1 Å². The number of nitrogens with zero attached hydrogens (tertiary/aromatic N) is 1. The molecule has 0 N–H and O–H groups in total. The first kappa shape index (κ1) is 20.8. The highest BCUT2D eigenvalue weighted by molar-refractivity contribution is 6.03. The molecular weight excluding hydrogens is 370 g/mol. The number of carbonyl (C=O) groups excluding carboxylic acids is 1. The molecule has 2 aliphatic rings. The lowest BCUT2D eigenvalue weighted by Crippen LogP contribution is -2.54. The fourth-order valence-corrected chi connectivity index (χ4v) is 5.23. The van der Waals surface area contributed by atoms with Gasteiger partial charge in [-0.05, 0) is 55.0 Å². The van der Waals surface area contributed by atoms with Gasteiger partial charge in [-0.25, -0.2) is 0 Å². The minimum absolute atomic E-state index is 0.161. The van der Waals surface area contributed by atoms with Crippen LogP contribution < -0.4 is 0 Å². The molecule has 2 aromatic rings. The predicted molar refractivity (Wildman–Crippen MR) is 123 cm³/mol. The van der Waals surface area contributed by atoms with E-state index < -0.39 is 5.54 Å². The van der Waals surface area contributed by atoms with Gasteiger partial charge in [0.05, 0.1) is 18.8 Å². The van der Waals surface area contributed by atoms with Crippen LogP contribution in [0.4, 0.5) is 0 Å². The van der Waals surface area contributed by atoms with Gasteiger partial charge in [0.1, 0.15) is 0 Å². The van der Waals surface area contributed by atoms with Crippen molar-refractivity contribution in [1.29, 1.82) is 0 Å². The van der Waals surface area contributed by atoms with E-state index in [0.29, 0.717) is 13.2 Å². The monoisotopic (exact) mass is 401 g/mol. The van der Waals surface area contributed by atoms with Gasteiger partial charge < -0.3 is 4.74 Å². The van der Waals surface area contributed by atoms with E-state index in [1.165, 1.54) is 22.3 Å². The summed E-state index contributed by atoms with van der Waals surface area (Å²) in [7, 11) is 0. The van der Waals surface area contributed by atoms with E-state index in [4.69, 9.17) is 4.74 Å². The quantitative estimate of drug-likeness (QED) is 0.460. The van der Waals surface area contributed by atoms with Gasteiger partial charge in [0, 0.05) is 24.1 Å². The van der Waals surface area contributed by atoms with Crippen LogP contribution in [-0.2, 0) is 10.2 Å². The second-order valence-corrected chi connectivity index (χ2v) is 8.86. The molecule has 30 heavy (non-hydrogen) atoms. The molecule has 0 unspecified atom stereocenters. The highest BCUT2D eigenvalue weighted by Crippen LogP contribution is 2.53. The van der Waals surface area contributed by atoms with Gasteiger partial charge in [-0.1, -0.05) is 48.6 Å². The number of morpholine rings is 1. The Morgan fingerprint density at radius 1 is 1.03 bits per heavy atom. The van der Waals surface area contributed by atoms with Crippen LogP contribution in [0.2, 0.25) is 0 Å². The van der Waals surface area contributed by atoms with Crippen LogP contribution in [0.5, 0.6) is 0 Å². The maximum absolute atomic E-state index is 13.6. The number of allylic oxidation sites excluding steroid dienone is 2. The maximum atomic E-state index is 13.6. The van der Waals surface area contributed by atoms with E-state index in [-0.39, 0.29) is 11.2 Å². The van der Waals surface area contributed by atoms with Gasteiger partial charge in [-0.2, -0.15) is 0 Å². The molecule has 1 saturated heterocycles. The van der Waals surface area contributed by atoms with Crippen molar-refractivity contribution in [2.45, 2.75) is 37.6 Å². The normalized spacial score (nSPS) is 17.8. The number of hydrogen-bond acceptors (Lipinski definition) is 3. The van der Waals surface area contributed by atoms with Crippen LogP contribution in [-0.4, -0.2) is 42.5 Å². The number of hydrogen-bond donors (Lipinski definition) is 0. The molecule has 4 rings (SSSR count). The fourth-order valence-electron chi connectivity index (χ4n) is 5.23. The average Bonchev–Trinajstić information content (AvgIpc) is 3.04. The van der Waals surface area contributed by atoms with Gasteiger partial charge in [0.15, 0.2) is 5.78 Å². The van der Waals surface area contributed by atoms with Crippen LogP contribution in [0.3, 0.4) is 0 Å². The van der Waals surface area contributed by atoms with Crippen molar-refractivity contribution >= 4 is 5.78 Å². The summed E-state index contributed by atoms with van der Waals surface area (Å²) < 4.78 is 5.49. The van der Waals surface area contributed by atoms with E-state index in [1.54, 1.807) is 0 Å². The van der Waals surface area contributed by atoms with E-state index in [9.17, 15) is 4.79 Å².